The number of rotatable bonds is 4. The Morgan fingerprint density at radius 3 is 2.72 bits per heavy atom. The van der Waals surface area contributed by atoms with Gasteiger partial charge in [0.25, 0.3) is 11.5 Å². The van der Waals surface area contributed by atoms with Crippen LogP contribution in [0.1, 0.15) is 60.4 Å². The smallest absolute Gasteiger partial charge is 0.263 e. The van der Waals surface area contributed by atoms with Crippen LogP contribution in [0, 0.1) is 0 Å². The quantitative estimate of drug-likeness (QED) is 0.713. The number of hydrogen-bond donors (Lipinski definition) is 2. The second kappa shape index (κ2) is 8.03. The number of aromatic nitrogens is 4. The van der Waals surface area contributed by atoms with E-state index in [1.54, 1.807) is 4.90 Å². The van der Waals surface area contributed by atoms with Crippen LogP contribution in [-0.2, 0) is 0 Å². The third-order valence-electron chi connectivity index (χ3n) is 5.47. The summed E-state index contributed by atoms with van der Waals surface area (Å²) in [4.78, 5) is 34.2. The average Bonchev–Trinajstić information content (AvgIpc) is 3.24. The van der Waals surface area contributed by atoms with Crippen molar-refractivity contribution in [3.05, 3.63) is 70.2 Å². The first-order valence-corrected chi connectivity index (χ1v) is 10.0. The van der Waals surface area contributed by atoms with Gasteiger partial charge >= 0.3 is 0 Å². The van der Waals surface area contributed by atoms with E-state index in [1.165, 1.54) is 6.20 Å². The lowest BCUT2D eigenvalue weighted by Crippen LogP contribution is -2.41. The highest BCUT2D eigenvalue weighted by Gasteiger charge is 2.29. The highest BCUT2D eigenvalue weighted by atomic mass is 16.2. The highest BCUT2D eigenvalue weighted by Crippen LogP contribution is 2.33. The summed E-state index contributed by atoms with van der Waals surface area (Å²) in [7, 11) is 0. The van der Waals surface area contributed by atoms with Gasteiger partial charge in [0, 0.05) is 42.4 Å². The number of nitrogens with one attached hydrogen (secondary N) is 2. The maximum Gasteiger partial charge on any atom is 0.263 e. The molecule has 29 heavy (non-hydrogen) atoms. The molecule has 1 amide bonds. The molecule has 2 aromatic heterocycles. The van der Waals surface area contributed by atoms with Crippen LogP contribution < -0.4 is 5.56 Å². The predicted octanol–water partition coefficient (Wildman–Crippen LogP) is 3.30. The Labute approximate surface area is 169 Å². The number of likely N-dealkylation sites (tertiary alicyclic amines) is 1. The van der Waals surface area contributed by atoms with Gasteiger partial charge in [0.15, 0.2) is 0 Å². The lowest BCUT2D eigenvalue weighted by atomic mass is 9.90. The summed E-state index contributed by atoms with van der Waals surface area (Å²) < 4.78 is 0. The number of carbonyl (C=O) groups is 1. The van der Waals surface area contributed by atoms with E-state index in [2.05, 4.69) is 32.3 Å². The van der Waals surface area contributed by atoms with Crippen molar-refractivity contribution in [3.8, 4) is 11.1 Å². The molecule has 1 aliphatic heterocycles. The molecule has 0 spiro atoms. The van der Waals surface area contributed by atoms with Gasteiger partial charge in [-0.2, -0.15) is 5.10 Å². The van der Waals surface area contributed by atoms with Crippen molar-refractivity contribution >= 4 is 5.91 Å². The fourth-order valence-corrected chi connectivity index (χ4v) is 3.88. The van der Waals surface area contributed by atoms with Gasteiger partial charge in [-0.1, -0.05) is 44.2 Å². The maximum absolute atomic E-state index is 13.0. The first-order chi connectivity index (χ1) is 14.0. The standard InChI is InChI=1S/C22H25N5O2/c1-14(2)20-23-11-18(21(28)25-20)22(29)27-10-6-9-16(13-27)19-17(12-24-26-19)15-7-4-3-5-8-15/h3-5,7-8,11-12,14,16H,6,9-10,13H2,1-2H3,(H,24,26)(H,23,25,28). The topological polar surface area (TPSA) is 94.7 Å². The van der Waals surface area contributed by atoms with Crippen molar-refractivity contribution in [1.29, 1.82) is 0 Å². The SMILES string of the molecule is CC(C)c1ncc(C(=O)N2CCCC(c3[nH]ncc3-c3ccccc3)C2)c(=O)[nH]1. The van der Waals surface area contributed by atoms with E-state index < -0.39 is 0 Å². The van der Waals surface area contributed by atoms with E-state index in [4.69, 9.17) is 0 Å². The molecule has 3 aromatic rings. The molecule has 1 atom stereocenters. The maximum atomic E-state index is 13.0. The zero-order chi connectivity index (χ0) is 20.4. The molecule has 2 N–H and O–H groups in total. The Kier molecular flexibility index (Phi) is 5.29. The van der Waals surface area contributed by atoms with Gasteiger partial charge in [-0.25, -0.2) is 4.98 Å². The molecule has 1 saturated heterocycles. The Bertz CT molecular complexity index is 1050. The third-order valence-corrected chi connectivity index (χ3v) is 5.47. The minimum atomic E-state index is -0.373. The molecule has 150 valence electrons. The number of aromatic amines is 2. The molecular formula is C22H25N5O2. The molecule has 0 radical (unpaired) electrons. The molecule has 1 fully saturated rings. The zero-order valence-corrected chi connectivity index (χ0v) is 16.7. The largest absolute Gasteiger partial charge is 0.338 e. The number of benzene rings is 1. The molecule has 0 aliphatic carbocycles. The second-order valence-electron chi connectivity index (χ2n) is 7.82. The Morgan fingerprint density at radius 1 is 1.21 bits per heavy atom. The Balaban J connectivity index is 1.56. The fourth-order valence-electron chi connectivity index (χ4n) is 3.88. The summed E-state index contributed by atoms with van der Waals surface area (Å²) in [5.74, 6) is 0.572. The number of H-pyrrole nitrogens is 2. The van der Waals surface area contributed by atoms with E-state index >= 15 is 0 Å². The summed E-state index contributed by atoms with van der Waals surface area (Å²) >= 11 is 0. The van der Waals surface area contributed by atoms with Gasteiger partial charge in [0.05, 0.1) is 6.20 Å². The van der Waals surface area contributed by atoms with Crippen molar-refractivity contribution in [2.75, 3.05) is 13.1 Å². The third kappa shape index (κ3) is 3.85. The molecule has 1 aliphatic rings. The van der Waals surface area contributed by atoms with Crippen molar-refractivity contribution < 1.29 is 4.79 Å². The summed E-state index contributed by atoms with van der Waals surface area (Å²) in [6.45, 7) is 5.08. The van der Waals surface area contributed by atoms with Gasteiger partial charge in [-0.15, -0.1) is 0 Å². The lowest BCUT2D eigenvalue weighted by Gasteiger charge is -2.32. The number of nitrogens with zero attached hydrogens (tertiary/aromatic N) is 3. The normalized spacial score (nSPS) is 16.9. The van der Waals surface area contributed by atoms with Crippen LogP contribution in [0.15, 0.2) is 47.5 Å². The lowest BCUT2D eigenvalue weighted by molar-refractivity contribution is 0.0703. The molecule has 4 rings (SSSR count). The van der Waals surface area contributed by atoms with Crippen LogP contribution in [0.25, 0.3) is 11.1 Å². The average molecular weight is 391 g/mol. The van der Waals surface area contributed by atoms with Crippen LogP contribution in [0.2, 0.25) is 0 Å². The minimum Gasteiger partial charge on any atom is -0.338 e. The number of carbonyl (C=O) groups excluding carboxylic acids is 1. The second-order valence-corrected chi connectivity index (χ2v) is 7.82. The van der Waals surface area contributed by atoms with E-state index in [-0.39, 0.29) is 28.9 Å². The monoisotopic (exact) mass is 391 g/mol. The molecule has 1 unspecified atom stereocenters. The zero-order valence-electron chi connectivity index (χ0n) is 16.7. The molecule has 0 bridgehead atoms. The van der Waals surface area contributed by atoms with E-state index in [1.807, 2.05) is 38.2 Å². The van der Waals surface area contributed by atoms with Crippen molar-refractivity contribution in [1.82, 2.24) is 25.1 Å². The van der Waals surface area contributed by atoms with Crippen molar-refractivity contribution in [2.45, 2.75) is 38.5 Å². The first kappa shape index (κ1) is 19.1. The molecule has 7 heteroatoms. The van der Waals surface area contributed by atoms with Crippen LogP contribution in [0.5, 0.6) is 0 Å². The molecule has 7 nitrogen and oxygen atoms in total. The van der Waals surface area contributed by atoms with E-state index in [0.717, 1.165) is 29.7 Å². The van der Waals surface area contributed by atoms with Crippen LogP contribution in [0.3, 0.4) is 0 Å². The van der Waals surface area contributed by atoms with Crippen LogP contribution in [0.4, 0.5) is 0 Å². The van der Waals surface area contributed by atoms with Gasteiger partial charge in [0.2, 0.25) is 0 Å². The summed E-state index contributed by atoms with van der Waals surface area (Å²) in [6, 6.07) is 10.1. The first-order valence-electron chi connectivity index (χ1n) is 10.0. The Hall–Kier alpha value is -3.22. The summed E-state index contributed by atoms with van der Waals surface area (Å²) in [5.41, 5.74) is 2.93. The molecule has 0 saturated carbocycles. The van der Waals surface area contributed by atoms with Crippen LogP contribution in [-0.4, -0.2) is 44.1 Å². The van der Waals surface area contributed by atoms with Crippen molar-refractivity contribution in [2.24, 2.45) is 0 Å². The van der Waals surface area contributed by atoms with Gasteiger partial charge < -0.3 is 9.88 Å². The number of amides is 1. The van der Waals surface area contributed by atoms with Gasteiger partial charge in [0.1, 0.15) is 11.4 Å². The summed E-state index contributed by atoms with van der Waals surface area (Å²) in [6.07, 6.45) is 5.09. The molecule has 3 heterocycles. The fraction of sp³-hybridized carbons (Fsp3) is 0.364. The van der Waals surface area contributed by atoms with Gasteiger partial charge in [-0.05, 0) is 18.4 Å². The van der Waals surface area contributed by atoms with E-state index in [0.29, 0.717) is 18.9 Å². The van der Waals surface area contributed by atoms with Crippen LogP contribution >= 0.6 is 0 Å². The van der Waals surface area contributed by atoms with Crippen molar-refractivity contribution in [3.63, 3.8) is 0 Å². The van der Waals surface area contributed by atoms with E-state index in [9.17, 15) is 9.59 Å². The molecule has 1 aromatic carbocycles. The molecular weight excluding hydrogens is 366 g/mol. The predicted molar refractivity (Wildman–Crippen MR) is 111 cm³/mol. The summed E-state index contributed by atoms with van der Waals surface area (Å²) in [5, 5.41) is 7.38. The number of hydrogen-bond acceptors (Lipinski definition) is 4. The minimum absolute atomic E-state index is 0.0999. The highest BCUT2D eigenvalue weighted by molar-refractivity contribution is 5.93. The number of piperidine rings is 1. The van der Waals surface area contributed by atoms with Gasteiger partial charge in [-0.3, -0.25) is 14.7 Å². The Morgan fingerprint density at radius 2 is 2.00 bits per heavy atom.